The van der Waals surface area contributed by atoms with Crippen LogP contribution >= 0.6 is 0 Å². The predicted molar refractivity (Wildman–Crippen MR) is 80.2 cm³/mol. The van der Waals surface area contributed by atoms with Gasteiger partial charge in [0.25, 0.3) is 0 Å². The van der Waals surface area contributed by atoms with E-state index >= 15 is 0 Å². The first-order valence-electron chi connectivity index (χ1n) is 6.67. The number of nitrogens with one attached hydrogen (secondary N) is 1. The lowest BCUT2D eigenvalue weighted by Gasteiger charge is -2.12. The number of rotatable bonds is 4. The van der Waals surface area contributed by atoms with Gasteiger partial charge in [-0.15, -0.1) is 0 Å². The molecule has 0 radical (unpaired) electrons. The van der Waals surface area contributed by atoms with Gasteiger partial charge >= 0.3 is 0 Å². The molecular weight excluding hydrogens is 234 g/mol. The van der Waals surface area contributed by atoms with Crippen LogP contribution in [0, 0.1) is 6.92 Å². The number of carbonyl (C=O) groups is 1. The highest BCUT2D eigenvalue weighted by Gasteiger charge is 2.08. The van der Waals surface area contributed by atoms with Crippen molar-refractivity contribution in [2.45, 2.75) is 26.7 Å². The Morgan fingerprint density at radius 1 is 1.05 bits per heavy atom. The van der Waals surface area contributed by atoms with E-state index in [1.165, 1.54) is 5.56 Å². The Bertz CT molecular complexity index is 561. The van der Waals surface area contributed by atoms with Gasteiger partial charge in [-0.05, 0) is 36.1 Å². The Morgan fingerprint density at radius 3 is 2.47 bits per heavy atom. The maximum Gasteiger partial charge on any atom is 0.224 e. The topological polar surface area (TPSA) is 29.1 Å². The Labute approximate surface area is 114 Å². The summed E-state index contributed by atoms with van der Waals surface area (Å²) in [7, 11) is 0. The molecule has 98 valence electrons. The Hall–Kier alpha value is -2.09. The number of hydrogen-bond donors (Lipinski definition) is 1. The van der Waals surface area contributed by atoms with Crippen LogP contribution < -0.4 is 5.32 Å². The van der Waals surface area contributed by atoms with Crippen LogP contribution in [0.25, 0.3) is 11.1 Å². The van der Waals surface area contributed by atoms with Gasteiger partial charge < -0.3 is 5.32 Å². The fourth-order valence-electron chi connectivity index (χ4n) is 2.14. The zero-order chi connectivity index (χ0) is 13.7. The van der Waals surface area contributed by atoms with Crippen LogP contribution in [-0.2, 0) is 4.79 Å². The van der Waals surface area contributed by atoms with E-state index in [1.54, 1.807) is 0 Å². The Morgan fingerprint density at radius 2 is 1.79 bits per heavy atom. The SMILES string of the molecule is CCCC(=O)Nc1cccc(-c2ccccc2)c1C. The van der Waals surface area contributed by atoms with Crippen molar-refractivity contribution in [1.29, 1.82) is 0 Å². The van der Waals surface area contributed by atoms with Gasteiger partial charge in [-0.1, -0.05) is 49.4 Å². The van der Waals surface area contributed by atoms with Crippen LogP contribution in [0.2, 0.25) is 0 Å². The number of hydrogen-bond acceptors (Lipinski definition) is 1. The molecule has 0 aliphatic carbocycles. The molecule has 19 heavy (non-hydrogen) atoms. The molecule has 0 aromatic heterocycles. The molecule has 1 amide bonds. The van der Waals surface area contributed by atoms with Gasteiger partial charge in [0.15, 0.2) is 0 Å². The summed E-state index contributed by atoms with van der Waals surface area (Å²) in [6.45, 7) is 4.05. The summed E-state index contributed by atoms with van der Waals surface area (Å²) in [6, 6.07) is 16.2. The van der Waals surface area contributed by atoms with E-state index in [4.69, 9.17) is 0 Å². The lowest BCUT2D eigenvalue weighted by atomic mass is 9.99. The molecule has 0 saturated carbocycles. The van der Waals surface area contributed by atoms with Crippen molar-refractivity contribution in [3.05, 3.63) is 54.1 Å². The van der Waals surface area contributed by atoms with Crippen LogP contribution in [0.1, 0.15) is 25.3 Å². The van der Waals surface area contributed by atoms with Gasteiger partial charge in [0.05, 0.1) is 0 Å². The molecule has 0 unspecified atom stereocenters. The zero-order valence-corrected chi connectivity index (χ0v) is 11.4. The summed E-state index contributed by atoms with van der Waals surface area (Å²) >= 11 is 0. The van der Waals surface area contributed by atoms with Gasteiger partial charge in [-0.2, -0.15) is 0 Å². The molecule has 0 heterocycles. The molecule has 0 saturated heterocycles. The summed E-state index contributed by atoms with van der Waals surface area (Å²) in [5.41, 5.74) is 4.35. The van der Waals surface area contributed by atoms with E-state index in [-0.39, 0.29) is 5.91 Å². The summed E-state index contributed by atoms with van der Waals surface area (Å²) in [6.07, 6.45) is 1.43. The standard InChI is InChI=1S/C17H19NO/c1-3-8-17(19)18-16-12-7-11-15(13(16)2)14-9-5-4-6-10-14/h4-7,9-12H,3,8H2,1-2H3,(H,18,19). The average molecular weight is 253 g/mol. The molecule has 0 aliphatic rings. The number of anilines is 1. The third-order valence-corrected chi connectivity index (χ3v) is 3.17. The lowest BCUT2D eigenvalue weighted by molar-refractivity contribution is -0.116. The minimum Gasteiger partial charge on any atom is -0.326 e. The summed E-state index contributed by atoms with van der Waals surface area (Å²) < 4.78 is 0. The van der Waals surface area contributed by atoms with E-state index in [1.807, 2.05) is 44.2 Å². The third kappa shape index (κ3) is 3.22. The third-order valence-electron chi connectivity index (χ3n) is 3.17. The van der Waals surface area contributed by atoms with Crippen molar-refractivity contribution in [2.24, 2.45) is 0 Å². The largest absolute Gasteiger partial charge is 0.326 e. The average Bonchev–Trinajstić information content (AvgIpc) is 2.42. The maximum absolute atomic E-state index is 11.7. The first kappa shape index (κ1) is 13.3. The fourth-order valence-corrected chi connectivity index (χ4v) is 2.14. The molecular formula is C17H19NO. The van der Waals surface area contributed by atoms with Crippen LogP contribution in [0.3, 0.4) is 0 Å². The molecule has 2 rings (SSSR count). The first-order valence-corrected chi connectivity index (χ1v) is 6.67. The molecule has 0 bridgehead atoms. The zero-order valence-electron chi connectivity index (χ0n) is 11.4. The molecule has 0 aliphatic heterocycles. The summed E-state index contributed by atoms with van der Waals surface area (Å²) in [5.74, 6) is 0.0795. The van der Waals surface area contributed by atoms with Crippen LogP contribution in [0.5, 0.6) is 0 Å². The summed E-state index contributed by atoms with van der Waals surface area (Å²) in [4.78, 5) is 11.7. The van der Waals surface area contributed by atoms with Gasteiger partial charge in [0.2, 0.25) is 5.91 Å². The van der Waals surface area contributed by atoms with Crippen LogP contribution in [-0.4, -0.2) is 5.91 Å². The predicted octanol–water partition coefficient (Wildman–Crippen LogP) is 4.40. The van der Waals surface area contributed by atoms with E-state index in [0.717, 1.165) is 23.2 Å². The first-order chi connectivity index (χ1) is 9.22. The van der Waals surface area contributed by atoms with Gasteiger partial charge in [0.1, 0.15) is 0 Å². The number of benzene rings is 2. The fraction of sp³-hybridized carbons (Fsp3) is 0.235. The highest BCUT2D eigenvalue weighted by Crippen LogP contribution is 2.28. The highest BCUT2D eigenvalue weighted by atomic mass is 16.1. The number of carbonyl (C=O) groups excluding carboxylic acids is 1. The van der Waals surface area contributed by atoms with E-state index in [9.17, 15) is 4.79 Å². The minimum absolute atomic E-state index is 0.0795. The minimum atomic E-state index is 0.0795. The number of amides is 1. The molecule has 2 aromatic rings. The van der Waals surface area contributed by atoms with Crippen molar-refractivity contribution in [3.63, 3.8) is 0 Å². The van der Waals surface area contributed by atoms with E-state index < -0.39 is 0 Å². The Balaban J connectivity index is 2.31. The van der Waals surface area contributed by atoms with Crippen molar-refractivity contribution in [1.82, 2.24) is 0 Å². The van der Waals surface area contributed by atoms with E-state index in [0.29, 0.717) is 6.42 Å². The molecule has 0 fully saturated rings. The van der Waals surface area contributed by atoms with E-state index in [2.05, 4.69) is 23.5 Å². The van der Waals surface area contributed by atoms with Crippen molar-refractivity contribution in [3.8, 4) is 11.1 Å². The Kier molecular flexibility index (Phi) is 4.35. The quantitative estimate of drug-likeness (QED) is 0.859. The normalized spacial score (nSPS) is 10.2. The van der Waals surface area contributed by atoms with Crippen LogP contribution in [0.15, 0.2) is 48.5 Å². The second-order valence-corrected chi connectivity index (χ2v) is 4.64. The van der Waals surface area contributed by atoms with Crippen LogP contribution in [0.4, 0.5) is 5.69 Å². The molecule has 2 heteroatoms. The second kappa shape index (κ2) is 6.19. The van der Waals surface area contributed by atoms with Crippen molar-refractivity contribution in [2.75, 3.05) is 5.32 Å². The molecule has 2 nitrogen and oxygen atoms in total. The smallest absolute Gasteiger partial charge is 0.224 e. The molecule has 0 atom stereocenters. The molecule has 0 spiro atoms. The highest BCUT2D eigenvalue weighted by molar-refractivity contribution is 5.92. The second-order valence-electron chi connectivity index (χ2n) is 4.64. The summed E-state index contributed by atoms with van der Waals surface area (Å²) in [5, 5.41) is 2.98. The van der Waals surface area contributed by atoms with Gasteiger partial charge in [-0.3, -0.25) is 4.79 Å². The van der Waals surface area contributed by atoms with Gasteiger partial charge in [-0.25, -0.2) is 0 Å². The molecule has 1 N–H and O–H groups in total. The molecule has 2 aromatic carbocycles. The van der Waals surface area contributed by atoms with Crippen molar-refractivity contribution >= 4 is 11.6 Å². The maximum atomic E-state index is 11.7. The lowest BCUT2D eigenvalue weighted by Crippen LogP contribution is -2.11. The monoisotopic (exact) mass is 253 g/mol. The van der Waals surface area contributed by atoms with Gasteiger partial charge in [0, 0.05) is 12.1 Å². The van der Waals surface area contributed by atoms with Crippen molar-refractivity contribution < 1.29 is 4.79 Å².